The van der Waals surface area contributed by atoms with Crippen LogP contribution in [0.2, 0.25) is 0 Å². The number of hydrogen-bond donors (Lipinski definition) is 1. The minimum Gasteiger partial charge on any atom is -0.338 e. The van der Waals surface area contributed by atoms with E-state index in [9.17, 15) is 4.79 Å². The van der Waals surface area contributed by atoms with Gasteiger partial charge in [0, 0.05) is 19.0 Å². The first kappa shape index (κ1) is 11.3. The van der Waals surface area contributed by atoms with Crippen LogP contribution >= 0.6 is 0 Å². The second-order valence-electron chi connectivity index (χ2n) is 5.97. The molecule has 94 valence electrons. The Bertz CT molecular complexity index is 355. The summed E-state index contributed by atoms with van der Waals surface area (Å²) >= 11 is 0. The van der Waals surface area contributed by atoms with Crippen molar-refractivity contribution < 1.29 is 4.79 Å². The van der Waals surface area contributed by atoms with Gasteiger partial charge in [-0.05, 0) is 51.1 Å². The van der Waals surface area contributed by atoms with E-state index in [1.165, 1.54) is 18.4 Å². The summed E-state index contributed by atoms with van der Waals surface area (Å²) in [5, 5.41) is 3.39. The maximum atomic E-state index is 12.5. The van der Waals surface area contributed by atoms with E-state index in [2.05, 4.69) is 23.2 Å². The molecule has 0 aromatic rings. The van der Waals surface area contributed by atoms with E-state index in [0.717, 1.165) is 39.0 Å². The van der Waals surface area contributed by atoms with Gasteiger partial charge in [-0.25, -0.2) is 0 Å². The molecule has 1 atom stereocenters. The third-order valence-electron chi connectivity index (χ3n) is 4.73. The molecule has 1 saturated heterocycles. The largest absolute Gasteiger partial charge is 0.338 e. The number of nitrogens with zero attached hydrogens (tertiary/aromatic N) is 1. The molecule has 3 nitrogen and oxygen atoms in total. The standard InChI is InChI=1S/C14H22N2O/c1-11-3-2-8-16(10-11)13(17)12-9-14(12)4-6-15-7-5-14/h3,12,15H,2,4-10H2,1H3. The van der Waals surface area contributed by atoms with E-state index in [-0.39, 0.29) is 0 Å². The van der Waals surface area contributed by atoms with Crippen LogP contribution in [0, 0.1) is 11.3 Å². The molecule has 3 rings (SSSR count). The van der Waals surface area contributed by atoms with Crippen molar-refractivity contribution in [3.8, 4) is 0 Å². The minimum absolute atomic E-state index is 0.343. The van der Waals surface area contributed by atoms with Crippen LogP contribution in [0.5, 0.6) is 0 Å². The van der Waals surface area contributed by atoms with Gasteiger partial charge in [-0.15, -0.1) is 0 Å². The molecule has 0 radical (unpaired) electrons. The topological polar surface area (TPSA) is 32.3 Å². The first-order chi connectivity index (χ1) is 8.21. The van der Waals surface area contributed by atoms with Crippen LogP contribution in [0.4, 0.5) is 0 Å². The van der Waals surface area contributed by atoms with Gasteiger partial charge in [0.25, 0.3) is 0 Å². The lowest BCUT2D eigenvalue weighted by atomic mass is 9.91. The van der Waals surface area contributed by atoms with Gasteiger partial charge in [0.1, 0.15) is 0 Å². The van der Waals surface area contributed by atoms with Gasteiger partial charge in [0.2, 0.25) is 5.91 Å². The predicted octanol–water partition coefficient (Wildman–Crippen LogP) is 1.55. The smallest absolute Gasteiger partial charge is 0.226 e. The number of amides is 1. The number of rotatable bonds is 1. The zero-order chi connectivity index (χ0) is 11.9. The van der Waals surface area contributed by atoms with Crippen molar-refractivity contribution in [3.05, 3.63) is 11.6 Å². The van der Waals surface area contributed by atoms with Gasteiger partial charge >= 0.3 is 0 Å². The highest BCUT2D eigenvalue weighted by Gasteiger charge is 2.58. The van der Waals surface area contributed by atoms with E-state index in [0.29, 0.717) is 17.2 Å². The molecule has 3 heteroatoms. The Morgan fingerprint density at radius 2 is 2.24 bits per heavy atom. The van der Waals surface area contributed by atoms with E-state index < -0.39 is 0 Å². The van der Waals surface area contributed by atoms with Crippen molar-refractivity contribution in [1.82, 2.24) is 10.2 Å². The van der Waals surface area contributed by atoms with Crippen LogP contribution in [0.15, 0.2) is 11.6 Å². The maximum absolute atomic E-state index is 12.5. The molecule has 17 heavy (non-hydrogen) atoms. The molecule has 1 unspecified atom stereocenters. The maximum Gasteiger partial charge on any atom is 0.226 e. The molecule has 0 aromatic heterocycles. The fourth-order valence-corrected chi connectivity index (χ4v) is 3.49. The molecule has 2 fully saturated rings. The SMILES string of the molecule is CC1=CCCN(C(=O)C2CC23CCNCC3)C1. The van der Waals surface area contributed by atoms with E-state index in [4.69, 9.17) is 0 Å². The Hall–Kier alpha value is -0.830. The van der Waals surface area contributed by atoms with Gasteiger partial charge in [-0.3, -0.25) is 4.79 Å². The monoisotopic (exact) mass is 234 g/mol. The normalized spacial score (nSPS) is 31.2. The molecule has 1 aliphatic carbocycles. The summed E-state index contributed by atoms with van der Waals surface area (Å²) in [7, 11) is 0. The Morgan fingerprint density at radius 3 is 2.94 bits per heavy atom. The van der Waals surface area contributed by atoms with Crippen molar-refractivity contribution in [1.29, 1.82) is 0 Å². The van der Waals surface area contributed by atoms with Gasteiger partial charge in [-0.2, -0.15) is 0 Å². The Morgan fingerprint density at radius 1 is 1.47 bits per heavy atom. The first-order valence-corrected chi connectivity index (χ1v) is 6.86. The quantitative estimate of drug-likeness (QED) is 0.698. The van der Waals surface area contributed by atoms with Gasteiger partial charge in [0.15, 0.2) is 0 Å². The third kappa shape index (κ3) is 2.01. The van der Waals surface area contributed by atoms with Gasteiger partial charge in [-0.1, -0.05) is 11.6 Å². The highest BCUT2D eigenvalue weighted by Crippen LogP contribution is 2.59. The van der Waals surface area contributed by atoms with E-state index >= 15 is 0 Å². The number of nitrogens with one attached hydrogen (secondary N) is 1. The molecular formula is C14H22N2O. The highest BCUT2D eigenvalue weighted by molar-refractivity contribution is 5.83. The second kappa shape index (κ2) is 4.13. The number of hydrogen-bond acceptors (Lipinski definition) is 2. The molecule has 0 aromatic carbocycles. The van der Waals surface area contributed by atoms with Gasteiger partial charge in [0.05, 0.1) is 0 Å². The number of carbonyl (C=O) groups is 1. The minimum atomic E-state index is 0.343. The summed E-state index contributed by atoms with van der Waals surface area (Å²) in [5.74, 6) is 0.773. The van der Waals surface area contributed by atoms with Crippen LogP contribution in [0.25, 0.3) is 0 Å². The van der Waals surface area contributed by atoms with E-state index in [1.807, 2.05) is 0 Å². The molecule has 3 aliphatic rings. The zero-order valence-electron chi connectivity index (χ0n) is 10.7. The zero-order valence-corrected chi connectivity index (χ0v) is 10.7. The fourth-order valence-electron chi connectivity index (χ4n) is 3.49. The summed E-state index contributed by atoms with van der Waals surface area (Å²) < 4.78 is 0. The number of piperidine rings is 1. The van der Waals surface area contributed by atoms with Crippen molar-refractivity contribution >= 4 is 5.91 Å². The van der Waals surface area contributed by atoms with Crippen LogP contribution < -0.4 is 5.32 Å². The van der Waals surface area contributed by atoms with Crippen LogP contribution in [-0.4, -0.2) is 37.0 Å². The van der Waals surface area contributed by atoms with E-state index in [1.54, 1.807) is 0 Å². The molecule has 1 amide bonds. The fraction of sp³-hybridized carbons (Fsp3) is 0.786. The lowest BCUT2D eigenvalue weighted by Gasteiger charge is -2.29. The lowest BCUT2D eigenvalue weighted by Crippen LogP contribution is -2.39. The predicted molar refractivity (Wildman–Crippen MR) is 67.6 cm³/mol. The molecule has 1 N–H and O–H groups in total. The Labute approximate surface area is 103 Å². The molecule has 1 saturated carbocycles. The summed E-state index contributed by atoms with van der Waals surface area (Å²) in [6.07, 6.45) is 6.85. The van der Waals surface area contributed by atoms with Crippen molar-refractivity contribution in [3.63, 3.8) is 0 Å². The Kier molecular flexibility index (Phi) is 2.74. The van der Waals surface area contributed by atoms with Crippen molar-refractivity contribution in [2.24, 2.45) is 11.3 Å². The van der Waals surface area contributed by atoms with Crippen molar-refractivity contribution in [2.75, 3.05) is 26.2 Å². The lowest BCUT2D eigenvalue weighted by molar-refractivity contribution is -0.133. The molecular weight excluding hydrogens is 212 g/mol. The van der Waals surface area contributed by atoms with Crippen LogP contribution in [0.1, 0.15) is 32.6 Å². The summed E-state index contributed by atoms with van der Waals surface area (Å²) in [6, 6.07) is 0. The highest BCUT2D eigenvalue weighted by atomic mass is 16.2. The molecule has 2 aliphatic heterocycles. The average molecular weight is 234 g/mol. The Balaban J connectivity index is 1.63. The summed E-state index contributed by atoms with van der Waals surface area (Å²) in [5.41, 5.74) is 1.74. The van der Waals surface area contributed by atoms with Crippen LogP contribution in [-0.2, 0) is 4.79 Å². The number of carbonyl (C=O) groups excluding carboxylic acids is 1. The van der Waals surface area contributed by atoms with Crippen molar-refractivity contribution in [2.45, 2.75) is 32.6 Å². The molecule has 2 heterocycles. The average Bonchev–Trinajstić information content (AvgIpc) is 3.03. The molecule has 0 bridgehead atoms. The second-order valence-corrected chi connectivity index (χ2v) is 5.97. The summed E-state index contributed by atoms with van der Waals surface area (Å²) in [6.45, 7) is 6.13. The van der Waals surface area contributed by atoms with Crippen LogP contribution in [0.3, 0.4) is 0 Å². The summed E-state index contributed by atoms with van der Waals surface area (Å²) in [4.78, 5) is 14.5. The van der Waals surface area contributed by atoms with Gasteiger partial charge < -0.3 is 10.2 Å². The first-order valence-electron chi connectivity index (χ1n) is 6.86. The third-order valence-corrected chi connectivity index (χ3v) is 4.73. The molecule has 1 spiro atoms.